The summed E-state index contributed by atoms with van der Waals surface area (Å²) in [6.45, 7) is 1.96. The predicted molar refractivity (Wildman–Crippen MR) is 52.3 cm³/mol. The Morgan fingerprint density at radius 3 is 2.85 bits per heavy atom. The van der Waals surface area contributed by atoms with Gasteiger partial charge in [-0.05, 0) is 26.2 Å². The van der Waals surface area contributed by atoms with Crippen molar-refractivity contribution < 1.29 is 9.53 Å². The van der Waals surface area contributed by atoms with Gasteiger partial charge < -0.3 is 4.74 Å². The van der Waals surface area contributed by atoms with Gasteiger partial charge >= 0.3 is 5.97 Å². The van der Waals surface area contributed by atoms with E-state index in [4.69, 9.17) is 4.74 Å². The quantitative estimate of drug-likeness (QED) is 0.460. The maximum atomic E-state index is 11.5. The molecule has 13 heavy (non-hydrogen) atoms. The molecule has 0 aromatic carbocycles. The van der Waals surface area contributed by atoms with Crippen LogP contribution in [0.25, 0.3) is 0 Å². The zero-order chi connectivity index (χ0) is 9.73. The minimum atomic E-state index is -0.380. The van der Waals surface area contributed by atoms with E-state index in [9.17, 15) is 4.79 Å². The first-order valence-electron chi connectivity index (χ1n) is 4.95. The van der Waals surface area contributed by atoms with E-state index in [2.05, 4.69) is 6.08 Å². The third kappa shape index (κ3) is 2.58. The van der Waals surface area contributed by atoms with Crippen LogP contribution in [0.1, 0.15) is 39.0 Å². The third-order valence-corrected chi connectivity index (χ3v) is 2.70. The Hall–Kier alpha value is -0.790. The van der Waals surface area contributed by atoms with Gasteiger partial charge in [0.05, 0.1) is 12.5 Å². The van der Waals surface area contributed by atoms with Crippen molar-refractivity contribution in [2.75, 3.05) is 7.11 Å². The van der Waals surface area contributed by atoms with Crippen LogP contribution in [0, 0.1) is 5.41 Å². The molecule has 1 atom stereocenters. The zero-order valence-electron chi connectivity index (χ0n) is 8.51. The average Bonchev–Trinajstić information content (AvgIpc) is 2.10. The van der Waals surface area contributed by atoms with Gasteiger partial charge in [0.15, 0.2) is 0 Å². The molecule has 1 aliphatic rings. The Bertz CT molecular complexity index is 208. The Balaban J connectivity index is 2.72. The molecule has 0 saturated heterocycles. The highest BCUT2D eigenvalue weighted by Crippen LogP contribution is 2.30. The summed E-state index contributed by atoms with van der Waals surface area (Å²) >= 11 is 0. The van der Waals surface area contributed by atoms with Crippen LogP contribution in [0.5, 0.6) is 0 Å². The van der Waals surface area contributed by atoms with Crippen molar-refractivity contribution >= 4 is 5.97 Å². The number of carbonyl (C=O) groups is 1. The van der Waals surface area contributed by atoms with Gasteiger partial charge in [0, 0.05) is 0 Å². The summed E-state index contributed by atoms with van der Waals surface area (Å²) in [5, 5.41) is 0. The van der Waals surface area contributed by atoms with Crippen LogP contribution in [-0.2, 0) is 9.53 Å². The molecule has 0 aromatic heterocycles. The van der Waals surface area contributed by atoms with E-state index in [1.807, 2.05) is 13.0 Å². The predicted octanol–water partition coefficient (Wildman–Crippen LogP) is 2.69. The fraction of sp³-hybridized carbons (Fsp3) is 0.727. The molecule has 0 bridgehead atoms. The zero-order valence-corrected chi connectivity index (χ0v) is 8.51. The molecule has 0 spiro atoms. The number of allylic oxidation sites excluding steroid dienone is 1. The molecule has 0 N–H and O–H groups in total. The SMILES string of the molecule is COC(=O)C1(C)/C=C\CCCCC1. The molecule has 0 heterocycles. The summed E-state index contributed by atoms with van der Waals surface area (Å²) in [5.74, 6) is -0.106. The van der Waals surface area contributed by atoms with Crippen LogP contribution in [0.2, 0.25) is 0 Å². The lowest BCUT2D eigenvalue weighted by Crippen LogP contribution is -2.27. The molecular formula is C11H18O2. The second-order valence-electron chi connectivity index (χ2n) is 3.91. The summed E-state index contributed by atoms with van der Waals surface area (Å²) in [7, 11) is 1.46. The first-order valence-corrected chi connectivity index (χ1v) is 4.95. The first-order chi connectivity index (χ1) is 6.19. The van der Waals surface area contributed by atoms with E-state index in [0.717, 1.165) is 19.3 Å². The van der Waals surface area contributed by atoms with Gasteiger partial charge in [0.25, 0.3) is 0 Å². The summed E-state index contributed by atoms with van der Waals surface area (Å²) in [5.41, 5.74) is -0.380. The number of methoxy groups -OCH3 is 1. The largest absolute Gasteiger partial charge is 0.468 e. The monoisotopic (exact) mass is 182 g/mol. The number of carbonyl (C=O) groups excluding carboxylic acids is 1. The van der Waals surface area contributed by atoms with Crippen LogP contribution in [-0.4, -0.2) is 13.1 Å². The number of hydrogen-bond acceptors (Lipinski definition) is 2. The molecule has 0 amide bonds. The number of rotatable bonds is 1. The van der Waals surface area contributed by atoms with Crippen molar-refractivity contribution in [2.24, 2.45) is 5.41 Å². The normalized spacial score (nSPS) is 31.5. The Labute approximate surface area is 80.0 Å². The molecule has 1 aliphatic carbocycles. The van der Waals surface area contributed by atoms with E-state index < -0.39 is 0 Å². The lowest BCUT2D eigenvalue weighted by molar-refractivity contribution is -0.149. The van der Waals surface area contributed by atoms with Gasteiger partial charge in [0.2, 0.25) is 0 Å². The Kier molecular flexibility index (Phi) is 3.52. The maximum Gasteiger partial charge on any atom is 0.315 e. The molecule has 0 aromatic rings. The maximum absolute atomic E-state index is 11.5. The summed E-state index contributed by atoms with van der Waals surface area (Å²) < 4.78 is 4.80. The minimum Gasteiger partial charge on any atom is -0.468 e. The van der Waals surface area contributed by atoms with Crippen LogP contribution >= 0.6 is 0 Å². The standard InChI is InChI=1S/C11H18O2/c1-11(10(12)13-2)8-6-4-3-5-7-9-11/h6,8H,3-5,7,9H2,1-2H3/b8-6-. The van der Waals surface area contributed by atoms with Crippen molar-refractivity contribution in [3.63, 3.8) is 0 Å². The van der Waals surface area contributed by atoms with Crippen molar-refractivity contribution in [3.05, 3.63) is 12.2 Å². The number of ether oxygens (including phenoxy) is 1. The molecule has 1 rings (SSSR count). The molecule has 0 radical (unpaired) electrons. The molecule has 0 fully saturated rings. The summed E-state index contributed by atoms with van der Waals surface area (Å²) in [4.78, 5) is 11.5. The lowest BCUT2D eigenvalue weighted by Gasteiger charge is -2.24. The number of hydrogen-bond donors (Lipinski definition) is 0. The van der Waals surface area contributed by atoms with E-state index in [0.29, 0.717) is 0 Å². The highest BCUT2D eigenvalue weighted by atomic mass is 16.5. The lowest BCUT2D eigenvalue weighted by atomic mass is 9.82. The number of esters is 1. The molecule has 74 valence electrons. The van der Waals surface area contributed by atoms with Gasteiger partial charge in [-0.3, -0.25) is 4.79 Å². The second kappa shape index (κ2) is 4.45. The molecule has 0 saturated carbocycles. The fourth-order valence-corrected chi connectivity index (χ4v) is 1.76. The van der Waals surface area contributed by atoms with Gasteiger partial charge in [-0.25, -0.2) is 0 Å². The highest BCUT2D eigenvalue weighted by molar-refractivity contribution is 5.78. The topological polar surface area (TPSA) is 26.3 Å². The van der Waals surface area contributed by atoms with Gasteiger partial charge in [-0.15, -0.1) is 0 Å². The van der Waals surface area contributed by atoms with Crippen molar-refractivity contribution in [1.29, 1.82) is 0 Å². The first kappa shape index (κ1) is 10.3. The van der Waals surface area contributed by atoms with Crippen LogP contribution in [0.4, 0.5) is 0 Å². The summed E-state index contributed by atoms with van der Waals surface area (Å²) in [6.07, 6.45) is 9.71. The minimum absolute atomic E-state index is 0.106. The van der Waals surface area contributed by atoms with Gasteiger partial charge in [0.1, 0.15) is 0 Å². The van der Waals surface area contributed by atoms with Crippen molar-refractivity contribution in [3.8, 4) is 0 Å². The molecular weight excluding hydrogens is 164 g/mol. The van der Waals surface area contributed by atoms with E-state index >= 15 is 0 Å². The summed E-state index contributed by atoms with van der Waals surface area (Å²) in [6, 6.07) is 0. The van der Waals surface area contributed by atoms with E-state index in [-0.39, 0.29) is 11.4 Å². The molecule has 0 aliphatic heterocycles. The van der Waals surface area contributed by atoms with E-state index in [1.165, 1.54) is 20.0 Å². The third-order valence-electron chi connectivity index (χ3n) is 2.70. The average molecular weight is 182 g/mol. The van der Waals surface area contributed by atoms with Crippen LogP contribution in [0.3, 0.4) is 0 Å². The molecule has 2 nitrogen and oxygen atoms in total. The molecule has 2 heteroatoms. The van der Waals surface area contributed by atoms with Crippen LogP contribution in [0.15, 0.2) is 12.2 Å². The van der Waals surface area contributed by atoms with Crippen molar-refractivity contribution in [2.45, 2.75) is 39.0 Å². The Morgan fingerprint density at radius 2 is 2.15 bits per heavy atom. The smallest absolute Gasteiger partial charge is 0.315 e. The van der Waals surface area contributed by atoms with Crippen LogP contribution < -0.4 is 0 Å². The van der Waals surface area contributed by atoms with E-state index in [1.54, 1.807) is 0 Å². The second-order valence-corrected chi connectivity index (χ2v) is 3.91. The Morgan fingerprint density at radius 1 is 1.38 bits per heavy atom. The van der Waals surface area contributed by atoms with Gasteiger partial charge in [-0.2, -0.15) is 0 Å². The fourth-order valence-electron chi connectivity index (χ4n) is 1.76. The van der Waals surface area contributed by atoms with Gasteiger partial charge in [-0.1, -0.05) is 25.0 Å². The van der Waals surface area contributed by atoms with Crippen molar-refractivity contribution in [1.82, 2.24) is 0 Å². The highest BCUT2D eigenvalue weighted by Gasteiger charge is 2.31. The molecule has 1 unspecified atom stereocenters.